The fourth-order valence-corrected chi connectivity index (χ4v) is 2.80. The van der Waals surface area contributed by atoms with Crippen molar-refractivity contribution < 1.29 is 27.5 Å². The van der Waals surface area contributed by atoms with E-state index in [2.05, 4.69) is 5.32 Å². The van der Waals surface area contributed by atoms with Crippen molar-refractivity contribution in [2.45, 2.75) is 12.1 Å². The van der Waals surface area contributed by atoms with Gasteiger partial charge in [0.15, 0.2) is 0 Å². The number of ether oxygens (including phenoxy) is 2. The molecule has 0 spiro atoms. The van der Waals surface area contributed by atoms with Gasteiger partial charge in [-0.2, -0.15) is 0 Å². The molecule has 0 bridgehead atoms. The largest absolute Gasteiger partial charge is 0.501 e. The Bertz CT molecular complexity index is 235. The van der Waals surface area contributed by atoms with Gasteiger partial charge in [-0.3, -0.25) is 0 Å². The van der Waals surface area contributed by atoms with Crippen LogP contribution >= 0.6 is 0 Å². The second-order valence-corrected chi connectivity index (χ2v) is 6.62. The van der Waals surface area contributed by atoms with Crippen LogP contribution in [0.4, 0.5) is 4.79 Å². The number of hydrogen-bond acceptors (Lipinski definition) is 6. The highest BCUT2D eigenvalue weighted by Gasteiger charge is 2.37. The molecule has 0 saturated carbocycles. The average molecular weight is 265 g/mol. The van der Waals surface area contributed by atoms with Crippen molar-refractivity contribution >= 4 is 14.9 Å². The van der Waals surface area contributed by atoms with Crippen LogP contribution < -0.4 is 5.32 Å². The molecule has 8 heteroatoms. The summed E-state index contributed by atoms with van der Waals surface area (Å²) in [5.74, 6) is 0. The van der Waals surface area contributed by atoms with Gasteiger partial charge in [-0.25, -0.2) is 4.79 Å². The summed E-state index contributed by atoms with van der Waals surface area (Å²) in [6.45, 7) is 1.35. The molecule has 1 heterocycles. The van der Waals surface area contributed by atoms with Crippen LogP contribution in [0, 0.1) is 0 Å². The predicted molar refractivity (Wildman–Crippen MR) is 60.7 cm³/mol. The fourth-order valence-electron chi connectivity index (χ4n) is 1.26. The van der Waals surface area contributed by atoms with Crippen LogP contribution in [0.3, 0.4) is 0 Å². The van der Waals surface area contributed by atoms with Gasteiger partial charge in [0.05, 0.1) is 6.61 Å². The minimum Gasteiger partial charge on any atom is -0.447 e. The van der Waals surface area contributed by atoms with Gasteiger partial charge in [-0.15, -0.1) is 0 Å². The van der Waals surface area contributed by atoms with Crippen LogP contribution in [0.15, 0.2) is 0 Å². The molecule has 0 aromatic rings. The maximum atomic E-state index is 11.2. The molecule has 1 aliphatic rings. The normalized spacial score (nSPS) is 18.9. The van der Waals surface area contributed by atoms with Crippen LogP contribution in [0.25, 0.3) is 0 Å². The van der Waals surface area contributed by atoms with E-state index in [1.807, 2.05) is 0 Å². The number of epoxide rings is 1. The lowest BCUT2D eigenvalue weighted by molar-refractivity contribution is 0.121. The highest BCUT2D eigenvalue weighted by molar-refractivity contribution is 6.60. The van der Waals surface area contributed by atoms with Crippen molar-refractivity contribution in [3.63, 3.8) is 0 Å². The zero-order valence-electron chi connectivity index (χ0n) is 10.4. The second kappa shape index (κ2) is 6.92. The summed E-state index contributed by atoms with van der Waals surface area (Å²) in [5.41, 5.74) is 0. The number of rotatable bonds is 8. The lowest BCUT2D eigenvalue weighted by Gasteiger charge is -2.24. The maximum absolute atomic E-state index is 11.2. The third kappa shape index (κ3) is 5.00. The van der Waals surface area contributed by atoms with Crippen molar-refractivity contribution in [1.82, 2.24) is 5.32 Å². The predicted octanol–water partition coefficient (Wildman–Crippen LogP) is -0.0105. The summed E-state index contributed by atoms with van der Waals surface area (Å²) < 4.78 is 25.4. The second-order valence-electron chi connectivity index (χ2n) is 3.53. The van der Waals surface area contributed by atoms with Crippen LogP contribution in [0.1, 0.15) is 0 Å². The Morgan fingerprint density at radius 3 is 2.41 bits per heavy atom. The molecule has 1 unspecified atom stereocenters. The summed E-state index contributed by atoms with van der Waals surface area (Å²) >= 11 is 0. The molecule has 0 aromatic carbocycles. The summed E-state index contributed by atoms with van der Waals surface area (Å²) in [5, 5.41) is 2.60. The standard InChI is InChI=1S/C9H19NO6Si/c1-12-17(13-2,14-3)5-4-10-9(11)16-7-8-6-15-8/h8H,4-7H2,1-3H3,(H,10,11). The minimum atomic E-state index is -2.61. The number of nitrogens with one attached hydrogen (secondary N) is 1. The molecule has 0 aliphatic carbocycles. The molecule has 1 saturated heterocycles. The van der Waals surface area contributed by atoms with Crippen LogP contribution in [0.5, 0.6) is 0 Å². The van der Waals surface area contributed by atoms with Gasteiger partial charge in [0.1, 0.15) is 12.7 Å². The molecule has 1 amide bonds. The fraction of sp³-hybridized carbons (Fsp3) is 0.889. The number of alkyl carbamates (subject to hydrolysis) is 1. The molecular weight excluding hydrogens is 246 g/mol. The first-order valence-electron chi connectivity index (χ1n) is 5.33. The van der Waals surface area contributed by atoms with Crippen molar-refractivity contribution in [2.24, 2.45) is 0 Å². The molecule has 1 aliphatic heterocycles. The van der Waals surface area contributed by atoms with Crippen LogP contribution in [0.2, 0.25) is 6.04 Å². The van der Waals surface area contributed by atoms with Crippen LogP contribution in [-0.4, -0.2) is 62.1 Å². The molecule has 1 fully saturated rings. The Morgan fingerprint density at radius 2 is 1.94 bits per heavy atom. The SMILES string of the molecule is CO[Si](CCNC(=O)OCC1CO1)(OC)OC. The first-order chi connectivity index (χ1) is 8.15. The number of carbonyl (C=O) groups is 1. The Morgan fingerprint density at radius 1 is 1.35 bits per heavy atom. The third-order valence-corrected chi connectivity index (χ3v) is 5.16. The highest BCUT2D eigenvalue weighted by atomic mass is 28.4. The number of amides is 1. The van der Waals surface area contributed by atoms with Crippen molar-refractivity contribution in [1.29, 1.82) is 0 Å². The average Bonchev–Trinajstić information content (AvgIpc) is 3.17. The van der Waals surface area contributed by atoms with Crippen molar-refractivity contribution in [3.8, 4) is 0 Å². The Labute approximate surface area is 102 Å². The third-order valence-electron chi connectivity index (χ3n) is 2.44. The number of hydrogen-bond donors (Lipinski definition) is 1. The van der Waals surface area contributed by atoms with E-state index < -0.39 is 14.9 Å². The first kappa shape index (κ1) is 14.4. The molecule has 17 heavy (non-hydrogen) atoms. The lowest BCUT2D eigenvalue weighted by Crippen LogP contribution is -2.45. The Balaban J connectivity index is 2.13. The van der Waals surface area contributed by atoms with Gasteiger partial charge >= 0.3 is 14.9 Å². The van der Waals surface area contributed by atoms with E-state index >= 15 is 0 Å². The van der Waals surface area contributed by atoms with Gasteiger partial charge in [0, 0.05) is 33.9 Å². The molecular formula is C9H19NO6Si. The number of carbonyl (C=O) groups excluding carboxylic acids is 1. The van der Waals surface area contributed by atoms with E-state index in [0.717, 1.165) is 0 Å². The first-order valence-corrected chi connectivity index (χ1v) is 7.26. The van der Waals surface area contributed by atoms with Gasteiger partial charge in [-0.1, -0.05) is 0 Å². The monoisotopic (exact) mass is 265 g/mol. The quantitative estimate of drug-likeness (QED) is 0.491. The van der Waals surface area contributed by atoms with Crippen molar-refractivity contribution in [2.75, 3.05) is 41.1 Å². The molecule has 7 nitrogen and oxygen atoms in total. The molecule has 1 N–H and O–H groups in total. The molecule has 1 atom stereocenters. The zero-order chi connectivity index (χ0) is 12.7. The molecule has 0 aromatic heterocycles. The summed E-state index contributed by atoms with van der Waals surface area (Å²) in [4.78, 5) is 11.2. The molecule has 100 valence electrons. The van der Waals surface area contributed by atoms with E-state index in [1.165, 1.54) is 21.3 Å². The molecule has 0 radical (unpaired) electrons. The van der Waals surface area contributed by atoms with E-state index in [1.54, 1.807) is 0 Å². The van der Waals surface area contributed by atoms with E-state index in [-0.39, 0.29) is 6.10 Å². The van der Waals surface area contributed by atoms with Gasteiger partial charge in [0.25, 0.3) is 0 Å². The summed E-state index contributed by atoms with van der Waals surface area (Å²) in [6.07, 6.45) is -0.391. The minimum absolute atomic E-state index is 0.0751. The Kier molecular flexibility index (Phi) is 5.85. The topological polar surface area (TPSA) is 78.6 Å². The smallest absolute Gasteiger partial charge is 0.447 e. The van der Waals surface area contributed by atoms with E-state index in [4.69, 9.17) is 22.8 Å². The van der Waals surface area contributed by atoms with E-state index in [9.17, 15) is 4.79 Å². The Hall–Kier alpha value is -0.673. The maximum Gasteiger partial charge on any atom is 0.501 e. The van der Waals surface area contributed by atoms with Gasteiger partial charge in [0.2, 0.25) is 0 Å². The summed E-state index contributed by atoms with van der Waals surface area (Å²) in [6, 6.07) is 0.492. The zero-order valence-corrected chi connectivity index (χ0v) is 11.4. The van der Waals surface area contributed by atoms with Gasteiger partial charge < -0.3 is 28.1 Å². The van der Waals surface area contributed by atoms with Crippen LogP contribution in [-0.2, 0) is 22.8 Å². The lowest BCUT2D eigenvalue weighted by atomic mass is 10.5. The van der Waals surface area contributed by atoms with E-state index in [0.29, 0.717) is 25.8 Å². The summed E-state index contributed by atoms with van der Waals surface area (Å²) in [7, 11) is 1.98. The molecule has 1 rings (SSSR count). The highest BCUT2D eigenvalue weighted by Crippen LogP contribution is 2.11. The van der Waals surface area contributed by atoms with Crippen molar-refractivity contribution in [3.05, 3.63) is 0 Å². The van der Waals surface area contributed by atoms with Gasteiger partial charge in [-0.05, 0) is 0 Å².